The van der Waals surface area contributed by atoms with Gasteiger partial charge in [0.25, 0.3) is 0 Å². The van der Waals surface area contributed by atoms with E-state index in [-0.39, 0.29) is 5.84 Å². The van der Waals surface area contributed by atoms with Crippen molar-refractivity contribution in [2.45, 2.75) is 25.8 Å². The number of carbonyl (C=O) groups is 1. The van der Waals surface area contributed by atoms with E-state index in [0.29, 0.717) is 23.2 Å². The molecule has 0 aromatic heterocycles. The molecule has 0 aliphatic rings. The van der Waals surface area contributed by atoms with Crippen LogP contribution in [0.3, 0.4) is 0 Å². The lowest BCUT2D eigenvalue weighted by Crippen LogP contribution is -2.43. The number of nitrogens with zero attached hydrogens (tertiary/aromatic N) is 1. The maximum absolute atomic E-state index is 12.6. The topological polar surface area (TPSA) is 102 Å². The normalized spacial score (nSPS) is 12.6. The SMILES string of the molecule is CCC(Nc1ccc(C(=N)N)cc1)(C(=O)O)c1cc(C)cc(-c2cccc(N(C)C)c2)c1. The van der Waals surface area contributed by atoms with Gasteiger partial charge in [-0.25, -0.2) is 4.79 Å². The molecule has 0 bridgehead atoms. The highest BCUT2D eigenvalue weighted by Crippen LogP contribution is 2.35. The molecule has 1 atom stereocenters. The van der Waals surface area contributed by atoms with Crippen LogP contribution in [0.15, 0.2) is 66.7 Å². The van der Waals surface area contributed by atoms with E-state index in [2.05, 4.69) is 17.4 Å². The van der Waals surface area contributed by atoms with Gasteiger partial charge in [0.2, 0.25) is 0 Å². The zero-order valence-corrected chi connectivity index (χ0v) is 18.9. The number of hydrogen-bond acceptors (Lipinski definition) is 4. The van der Waals surface area contributed by atoms with Crippen molar-refractivity contribution in [2.75, 3.05) is 24.3 Å². The molecule has 0 saturated carbocycles. The Morgan fingerprint density at radius 1 is 1.06 bits per heavy atom. The Morgan fingerprint density at radius 3 is 2.31 bits per heavy atom. The molecule has 0 amide bonds. The number of aliphatic carboxylic acids is 1. The number of nitrogen functional groups attached to an aromatic ring is 1. The van der Waals surface area contributed by atoms with Crippen LogP contribution in [0.2, 0.25) is 0 Å². The molecule has 1 unspecified atom stereocenters. The number of nitrogens with one attached hydrogen (secondary N) is 2. The lowest BCUT2D eigenvalue weighted by Gasteiger charge is -2.32. The van der Waals surface area contributed by atoms with E-state index in [1.807, 2.05) is 63.2 Å². The Bertz CT molecular complexity index is 1140. The van der Waals surface area contributed by atoms with Crippen LogP contribution >= 0.6 is 0 Å². The van der Waals surface area contributed by atoms with Crippen LogP contribution in [-0.4, -0.2) is 31.0 Å². The van der Waals surface area contributed by atoms with Gasteiger partial charge in [-0.15, -0.1) is 0 Å². The molecule has 6 nitrogen and oxygen atoms in total. The van der Waals surface area contributed by atoms with Crippen molar-refractivity contribution >= 4 is 23.2 Å². The van der Waals surface area contributed by atoms with Gasteiger partial charge in [0.1, 0.15) is 5.84 Å². The number of aryl methyl sites for hydroxylation is 1. The molecular weight excluding hydrogens is 400 g/mol. The third kappa shape index (κ3) is 4.59. The highest BCUT2D eigenvalue weighted by atomic mass is 16.4. The number of carboxylic acid groups (broad SMARTS) is 1. The molecule has 0 radical (unpaired) electrons. The third-order valence-electron chi connectivity index (χ3n) is 5.72. The van der Waals surface area contributed by atoms with Gasteiger partial charge in [-0.1, -0.05) is 36.8 Å². The molecule has 3 aromatic carbocycles. The van der Waals surface area contributed by atoms with Gasteiger partial charge >= 0.3 is 5.97 Å². The summed E-state index contributed by atoms with van der Waals surface area (Å²) in [6.07, 6.45) is 0.345. The molecule has 6 heteroatoms. The summed E-state index contributed by atoms with van der Waals surface area (Å²) in [5.41, 5.74) is 10.2. The monoisotopic (exact) mass is 430 g/mol. The molecular formula is C26H30N4O2. The van der Waals surface area contributed by atoms with Gasteiger partial charge < -0.3 is 21.1 Å². The van der Waals surface area contributed by atoms with Crippen LogP contribution in [0.1, 0.15) is 30.0 Å². The fraction of sp³-hybridized carbons (Fsp3) is 0.231. The first-order chi connectivity index (χ1) is 15.2. The smallest absolute Gasteiger partial charge is 0.334 e. The summed E-state index contributed by atoms with van der Waals surface area (Å²) in [4.78, 5) is 14.7. The molecule has 0 spiro atoms. The second-order valence-corrected chi connectivity index (χ2v) is 8.21. The van der Waals surface area contributed by atoms with Crippen molar-refractivity contribution in [3.05, 3.63) is 83.4 Å². The summed E-state index contributed by atoms with van der Waals surface area (Å²) in [5, 5.41) is 21.1. The van der Waals surface area contributed by atoms with Crippen molar-refractivity contribution in [1.82, 2.24) is 0 Å². The predicted molar refractivity (Wildman–Crippen MR) is 132 cm³/mol. The van der Waals surface area contributed by atoms with Crippen LogP contribution in [0.4, 0.5) is 11.4 Å². The van der Waals surface area contributed by atoms with E-state index in [9.17, 15) is 9.90 Å². The van der Waals surface area contributed by atoms with Crippen molar-refractivity contribution in [3.63, 3.8) is 0 Å². The van der Waals surface area contributed by atoms with Crippen molar-refractivity contribution in [2.24, 2.45) is 5.73 Å². The number of amidine groups is 1. The van der Waals surface area contributed by atoms with E-state index in [0.717, 1.165) is 22.4 Å². The molecule has 0 aliphatic carbocycles. The number of nitrogens with two attached hydrogens (primary N) is 1. The second-order valence-electron chi connectivity index (χ2n) is 8.21. The van der Waals surface area contributed by atoms with E-state index < -0.39 is 11.5 Å². The summed E-state index contributed by atoms with van der Waals surface area (Å²) in [7, 11) is 3.99. The highest BCUT2D eigenvalue weighted by molar-refractivity contribution is 5.95. The van der Waals surface area contributed by atoms with Gasteiger partial charge in [-0.3, -0.25) is 5.41 Å². The predicted octanol–water partition coefficient (Wildman–Crippen LogP) is 4.81. The van der Waals surface area contributed by atoms with E-state index in [1.165, 1.54) is 0 Å². The van der Waals surface area contributed by atoms with Gasteiger partial charge in [-0.05, 0) is 72.5 Å². The number of hydrogen-bond donors (Lipinski definition) is 4. The number of anilines is 2. The summed E-state index contributed by atoms with van der Waals surface area (Å²) in [6.45, 7) is 3.84. The maximum atomic E-state index is 12.6. The number of carboxylic acids is 1. The van der Waals surface area contributed by atoms with Gasteiger partial charge in [0.15, 0.2) is 5.54 Å². The zero-order valence-electron chi connectivity index (χ0n) is 18.9. The Balaban J connectivity index is 2.09. The Morgan fingerprint density at radius 2 is 1.75 bits per heavy atom. The quantitative estimate of drug-likeness (QED) is 0.303. The largest absolute Gasteiger partial charge is 0.479 e. The number of benzene rings is 3. The molecule has 32 heavy (non-hydrogen) atoms. The third-order valence-corrected chi connectivity index (χ3v) is 5.72. The minimum atomic E-state index is -1.31. The minimum absolute atomic E-state index is 0.0279. The molecule has 3 rings (SSSR count). The Hall–Kier alpha value is -3.80. The summed E-state index contributed by atoms with van der Waals surface area (Å²) < 4.78 is 0. The standard InChI is InChI=1S/C26H30N4O2/c1-5-26(25(31)32,29-22-11-9-18(10-12-22)24(27)28)21-14-17(2)13-20(15-21)19-7-6-8-23(16-19)30(3)4/h6-16,29H,5H2,1-4H3,(H3,27,28)(H,31,32). The van der Waals surface area contributed by atoms with Gasteiger partial charge in [-0.2, -0.15) is 0 Å². The first kappa shape index (κ1) is 22.9. The second kappa shape index (κ2) is 9.14. The zero-order chi connectivity index (χ0) is 23.5. The van der Waals surface area contributed by atoms with Crippen LogP contribution in [-0.2, 0) is 10.3 Å². The fourth-order valence-electron chi connectivity index (χ4n) is 3.83. The average molecular weight is 431 g/mol. The van der Waals surface area contributed by atoms with Crippen molar-refractivity contribution in [3.8, 4) is 11.1 Å². The van der Waals surface area contributed by atoms with E-state index >= 15 is 0 Å². The van der Waals surface area contributed by atoms with Gasteiger partial charge in [0, 0.05) is 31.0 Å². The van der Waals surface area contributed by atoms with E-state index in [4.69, 9.17) is 11.1 Å². The molecule has 3 aromatic rings. The molecule has 0 heterocycles. The van der Waals surface area contributed by atoms with Crippen molar-refractivity contribution < 1.29 is 9.90 Å². The molecule has 0 aliphatic heterocycles. The van der Waals surface area contributed by atoms with Crippen LogP contribution in [0.5, 0.6) is 0 Å². The van der Waals surface area contributed by atoms with E-state index in [1.54, 1.807) is 24.3 Å². The average Bonchev–Trinajstić information content (AvgIpc) is 2.77. The van der Waals surface area contributed by atoms with Crippen LogP contribution < -0.4 is 16.0 Å². The highest BCUT2D eigenvalue weighted by Gasteiger charge is 2.39. The molecule has 0 saturated heterocycles. The molecule has 0 fully saturated rings. The van der Waals surface area contributed by atoms with Gasteiger partial charge in [0.05, 0.1) is 0 Å². The molecule has 166 valence electrons. The summed E-state index contributed by atoms with van der Waals surface area (Å²) in [6, 6.07) is 21.1. The summed E-state index contributed by atoms with van der Waals surface area (Å²) in [5.74, 6) is -0.978. The molecule has 5 N–H and O–H groups in total. The Kier molecular flexibility index (Phi) is 6.53. The van der Waals surface area contributed by atoms with Crippen molar-refractivity contribution in [1.29, 1.82) is 5.41 Å². The summed E-state index contributed by atoms with van der Waals surface area (Å²) >= 11 is 0. The lowest BCUT2D eigenvalue weighted by atomic mass is 9.84. The minimum Gasteiger partial charge on any atom is -0.479 e. The maximum Gasteiger partial charge on any atom is 0.334 e. The first-order valence-corrected chi connectivity index (χ1v) is 10.5. The van der Waals surface area contributed by atoms with Crippen LogP contribution in [0.25, 0.3) is 11.1 Å². The Labute approximate surface area is 189 Å². The number of rotatable bonds is 8. The van der Waals surface area contributed by atoms with Crippen LogP contribution in [0, 0.1) is 12.3 Å². The lowest BCUT2D eigenvalue weighted by molar-refractivity contribution is -0.142. The first-order valence-electron chi connectivity index (χ1n) is 10.5. The fourth-order valence-corrected chi connectivity index (χ4v) is 3.83.